The van der Waals surface area contributed by atoms with Gasteiger partial charge in [-0.05, 0) is 37.6 Å². The van der Waals surface area contributed by atoms with E-state index >= 15 is 0 Å². The van der Waals surface area contributed by atoms with Gasteiger partial charge < -0.3 is 15.4 Å². The third-order valence-corrected chi connectivity index (χ3v) is 3.44. The molecule has 1 unspecified atom stereocenters. The molecule has 4 nitrogen and oxygen atoms in total. The maximum absolute atomic E-state index is 5.98. The standard InChI is InChI=1S/C13H19N3O/c1-4-13(2)9-15-12(14)16(13)10-5-7-11(17-3)8-6-10/h5-8H,4,9H2,1-3H3,(H2,14,15). The van der Waals surface area contributed by atoms with Crippen LogP contribution in [0.4, 0.5) is 5.69 Å². The molecule has 0 saturated carbocycles. The molecule has 2 rings (SSSR count). The Bertz CT molecular complexity index is 427. The van der Waals surface area contributed by atoms with Crippen molar-refractivity contribution in [3.63, 3.8) is 0 Å². The Morgan fingerprint density at radius 1 is 1.41 bits per heavy atom. The zero-order chi connectivity index (χ0) is 12.5. The van der Waals surface area contributed by atoms with Gasteiger partial charge in [0.15, 0.2) is 5.96 Å². The van der Waals surface area contributed by atoms with Crippen molar-refractivity contribution in [1.82, 2.24) is 0 Å². The average Bonchev–Trinajstić information content (AvgIpc) is 2.66. The number of rotatable bonds is 3. The first-order valence-corrected chi connectivity index (χ1v) is 5.85. The smallest absolute Gasteiger partial charge is 0.196 e. The van der Waals surface area contributed by atoms with Crippen LogP contribution in [-0.2, 0) is 0 Å². The van der Waals surface area contributed by atoms with E-state index in [1.54, 1.807) is 7.11 Å². The van der Waals surface area contributed by atoms with E-state index in [0.717, 1.165) is 24.4 Å². The zero-order valence-electron chi connectivity index (χ0n) is 10.6. The van der Waals surface area contributed by atoms with Gasteiger partial charge in [-0.2, -0.15) is 0 Å². The number of methoxy groups -OCH3 is 1. The molecule has 0 bridgehead atoms. The molecule has 4 heteroatoms. The van der Waals surface area contributed by atoms with Gasteiger partial charge in [0.2, 0.25) is 0 Å². The molecule has 1 heterocycles. The number of anilines is 1. The van der Waals surface area contributed by atoms with Crippen molar-refractivity contribution in [1.29, 1.82) is 0 Å². The van der Waals surface area contributed by atoms with Gasteiger partial charge in [0, 0.05) is 5.69 Å². The highest BCUT2D eigenvalue weighted by molar-refractivity contribution is 5.98. The van der Waals surface area contributed by atoms with Gasteiger partial charge in [0.05, 0.1) is 19.2 Å². The lowest BCUT2D eigenvalue weighted by Crippen LogP contribution is -2.49. The Morgan fingerprint density at radius 2 is 2.06 bits per heavy atom. The van der Waals surface area contributed by atoms with Crippen LogP contribution in [-0.4, -0.2) is 25.2 Å². The van der Waals surface area contributed by atoms with E-state index in [4.69, 9.17) is 10.5 Å². The van der Waals surface area contributed by atoms with Crippen LogP contribution in [0.2, 0.25) is 0 Å². The van der Waals surface area contributed by atoms with Gasteiger partial charge in [-0.15, -0.1) is 0 Å². The van der Waals surface area contributed by atoms with Crippen molar-refractivity contribution in [3.05, 3.63) is 24.3 Å². The molecule has 2 N–H and O–H groups in total. The lowest BCUT2D eigenvalue weighted by molar-refractivity contribution is 0.414. The Labute approximate surface area is 102 Å². The summed E-state index contributed by atoms with van der Waals surface area (Å²) in [6, 6.07) is 7.91. The first-order chi connectivity index (χ1) is 8.10. The Morgan fingerprint density at radius 3 is 2.59 bits per heavy atom. The van der Waals surface area contributed by atoms with E-state index in [-0.39, 0.29) is 5.54 Å². The van der Waals surface area contributed by atoms with E-state index in [9.17, 15) is 0 Å². The van der Waals surface area contributed by atoms with Crippen LogP contribution in [0, 0.1) is 0 Å². The van der Waals surface area contributed by atoms with Crippen molar-refractivity contribution in [2.75, 3.05) is 18.6 Å². The summed E-state index contributed by atoms with van der Waals surface area (Å²) < 4.78 is 5.16. The van der Waals surface area contributed by atoms with Crippen LogP contribution in [0.1, 0.15) is 20.3 Å². The van der Waals surface area contributed by atoms with E-state index in [1.807, 2.05) is 24.3 Å². The summed E-state index contributed by atoms with van der Waals surface area (Å²) in [5, 5.41) is 0. The highest BCUT2D eigenvalue weighted by atomic mass is 16.5. The number of ether oxygens (including phenoxy) is 1. The number of benzene rings is 1. The summed E-state index contributed by atoms with van der Waals surface area (Å²) in [5.41, 5.74) is 7.03. The van der Waals surface area contributed by atoms with Crippen LogP contribution in [0.25, 0.3) is 0 Å². The number of nitrogens with two attached hydrogens (primary N) is 1. The highest BCUT2D eigenvalue weighted by Gasteiger charge is 2.37. The molecule has 1 aliphatic rings. The topological polar surface area (TPSA) is 50.8 Å². The monoisotopic (exact) mass is 233 g/mol. The molecule has 1 aliphatic heterocycles. The summed E-state index contributed by atoms with van der Waals surface area (Å²) in [4.78, 5) is 6.45. The van der Waals surface area contributed by atoms with Gasteiger partial charge >= 0.3 is 0 Å². The molecule has 0 amide bonds. The third kappa shape index (κ3) is 1.95. The first kappa shape index (κ1) is 11.8. The van der Waals surface area contributed by atoms with Crippen LogP contribution in [0.3, 0.4) is 0 Å². The fourth-order valence-corrected chi connectivity index (χ4v) is 2.11. The van der Waals surface area contributed by atoms with Crippen molar-refractivity contribution in [2.45, 2.75) is 25.8 Å². The molecule has 92 valence electrons. The van der Waals surface area contributed by atoms with Gasteiger partial charge in [0.25, 0.3) is 0 Å². The fourth-order valence-electron chi connectivity index (χ4n) is 2.11. The van der Waals surface area contributed by atoms with Crippen LogP contribution >= 0.6 is 0 Å². The molecular weight excluding hydrogens is 214 g/mol. The molecule has 0 aromatic heterocycles. The summed E-state index contributed by atoms with van der Waals surface area (Å²) in [6.07, 6.45) is 1.00. The van der Waals surface area contributed by atoms with Crippen LogP contribution in [0.5, 0.6) is 5.75 Å². The highest BCUT2D eigenvalue weighted by Crippen LogP contribution is 2.31. The van der Waals surface area contributed by atoms with E-state index in [1.165, 1.54) is 0 Å². The number of hydrogen-bond donors (Lipinski definition) is 1. The number of hydrogen-bond acceptors (Lipinski definition) is 4. The normalized spacial score (nSPS) is 23.7. The Kier molecular flexibility index (Phi) is 2.96. The maximum Gasteiger partial charge on any atom is 0.196 e. The summed E-state index contributed by atoms with van der Waals surface area (Å²) in [6.45, 7) is 5.09. The lowest BCUT2D eigenvalue weighted by Gasteiger charge is -2.35. The molecule has 1 atom stereocenters. The predicted octanol–water partition coefficient (Wildman–Crippen LogP) is 2.00. The molecular formula is C13H19N3O. The van der Waals surface area contributed by atoms with Crippen molar-refractivity contribution in [2.24, 2.45) is 10.7 Å². The lowest BCUT2D eigenvalue weighted by atomic mass is 9.97. The van der Waals surface area contributed by atoms with Crippen molar-refractivity contribution in [3.8, 4) is 5.75 Å². The van der Waals surface area contributed by atoms with Crippen LogP contribution in [0.15, 0.2) is 29.3 Å². The summed E-state index contributed by atoms with van der Waals surface area (Å²) in [7, 11) is 1.66. The number of aliphatic imine (C=N–C) groups is 1. The fraction of sp³-hybridized carbons (Fsp3) is 0.462. The second-order valence-electron chi connectivity index (χ2n) is 4.56. The molecule has 17 heavy (non-hydrogen) atoms. The molecule has 0 saturated heterocycles. The Hall–Kier alpha value is -1.71. The predicted molar refractivity (Wildman–Crippen MR) is 70.7 cm³/mol. The summed E-state index contributed by atoms with van der Waals surface area (Å²) in [5.74, 6) is 1.45. The molecule has 0 spiro atoms. The van der Waals surface area contributed by atoms with Gasteiger partial charge in [0.1, 0.15) is 5.75 Å². The van der Waals surface area contributed by atoms with E-state index < -0.39 is 0 Å². The van der Waals surface area contributed by atoms with E-state index in [2.05, 4.69) is 23.7 Å². The van der Waals surface area contributed by atoms with Gasteiger partial charge in [-0.3, -0.25) is 4.99 Å². The minimum atomic E-state index is -0.0152. The maximum atomic E-state index is 5.98. The molecule has 0 aliphatic carbocycles. The Balaban J connectivity index is 2.33. The molecule has 1 aromatic carbocycles. The van der Waals surface area contributed by atoms with Gasteiger partial charge in [-0.1, -0.05) is 6.92 Å². The first-order valence-electron chi connectivity index (χ1n) is 5.85. The second kappa shape index (κ2) is 4.28. The molecule has 0 fully saturated rings. The minimum absolute atomic E-state index is 0.0152. The summed E-state index contributed by atoms with van der Waals surface area (Å²) >= 11 is 0. The van der Waals surface area contributed by atoms with E-state index in [0.29, 0.717) is 5.96 Å². The quantitative estimate of drug-likeness (QED) is 0.868. The van der Waals surface area contributed by atoms with Crippen molar-refractivity contribution >= 4 is 11.6 Å². The third-order valence-electron chi connectivity index (χ3n) is 3.44. The molecule has 0 radical (unpaired) electrons. The zero-order valence-corrected chi connectivity index (χ0v) is 10.6. The van der Waals surface area contributed by atoms with Gasteiger partial charge in [-0.25, -0.2) is 0 Å². The van der Waals surface area contributed by atoms with Crippen LogP contribution < -0.4 is 15.4 Å². The largest absolute Gasteiger partial charge is 0.497 e. The average molecular weight is 233 g/mol. The second-order valence-corrected chi connectivity index (χ2v) is 4.56. The number of guanidine groups is 1. The number of nitrogens with zero attached hydrogens (tertiary/aromatic N) is 2. The minimum Gasteiger partial charge on any atom is -0.497 e. The molecule has 1 aromatic rings. The van der Waals surface area contributed by atoms with Crippen molar-refractivity contribution < 1.29 is 4.74 Å². The SMILES string of the molecule is CCC1(C)CN=C(N)N1c1ccc(OC)cc1.